The van der Waals surface area contributed by atoms with E-state index in [-0.39, 0.29) is 11.9 Å². The lowest BCUT2D eigenvalue weighted by Crippen LogP contribution is -2.28. The Balaban J connectivity index is 1.50. The van der Waals surface area contributed by atoms with Crippen molar-refractivity contribution in [3.8, 4) is 11.3 Å². The standard InChI is InChI=1S/C21H18ClN3OS/c1-14(15-5-3-2-4-6-15)23-20(26)11-18-13-27-21-24-19(12-25(18)21)16-7-9-17(22)10-8-16/h2-10,12-14H,11H2,1H3,(H,23,26). The van der Waals surface area contributed by atoms with E-state index in [0.717, 1.165) is 27.5 Å². The van der Waals surface area contributed by atoms with Gasteiger partial charge in [-0.3, -0.25) is 9.20 Å². The number of thiazole rings is 1. The number of hydrogen-bond donors (Lipinski definition) is 1. The molecule has 1 atom stereocenters. The number of amides is 1. The van der Waals surface area contributed by atoms with Gasteiger partial charge >= 0.3 is 0 Å². The smallest absolute Gasteiger partial charge is 0.226 e. The highest BCUT2D eigenvalue weighted by Gasteiger charge is 2.14. The summed E-state index contributed by atoms with van der Waals surface area (Å²) in [6, 6.07) is 17.5. The number of rotatable bonds is 5. The molecule has 2 aromatic heterocycles. The number of carbonyl (C=O) groups is 1. The van der Waals surface area contributed by atoms with Crippen LogP contribution in [0.4, 0.5) is 0 Å². The molecular formula is C21H18ClN3OS. The van der Waals surface area contributed by atoms with Crippen LogP contribution in [0.15, 0.2) is 66.2 Å². The Morgan fingerprint density at radius 3 is 2.67 bits per heavy atom. The first-order valence-corrected chi connectivity index (χ1v) is 9.91. The fourth-order valence-electron chi connectivity index (χ4n) is 3.00. The van der Waals surface area contributed by atoms with Gasteiger partial charge < -0.3 is 5.32 Å². The van der Waals surface area contributed by atoms with Gasteiger partial charge in [-0.2, -0.15) is 0 Å². The summed E-state index contributed by atoms with van der Waals surface area (Å²) in [5.74, 6) is -0.00667. The second-order valence-corrected chi connectivity index (χ2v) is 7.66. The van der Waals surface area contributed by atoms with Gasteiger partial charge in [-0.25, -0.2) is 4.98 Å². The van der Waals surface area contributed by atoms with Crippen LogP contribution < -0.4 is 5.32 Å². The highest BCUT2D eigenvalue weighted by atomic mass is 35.5. The van der Waals surface area contributed by atoms with Crippen molar-refractivity contribution in [1.29, 1.82) is 0 Å². The summed E-state index contributed by atoms with van der Waals surface area (Å²) < 4.78 is 1.99. The Kier molecular flexibility index (Phi) is 4.97. The van der Waals surface area contributed by atoms with E-state index in [4.69, 9.17) is 11.6 Å². The molecule has 0 aliphatic carbocycles. The summed E-state index contributed by atoms with van der Waals surface area (Å²) in [5.41, 5.74) is 3.90. The van der Waals surface area contributed by atoms with Crippen LogP contribution in [0.5, 0.6) is 0 Å². The molecule has 0 saturated heterocycles. The predicted molar refractivity (Wildman–Crippen MR) is 110 cm³/mol. The van der Waals surface area contributed by atoms with Gasteiger partial charge in [0.2, 0.25) is 5.91 Å². The molecule has 4 nitrogen and oxygen atoms in total. The second-order valence-electron chi connectivity index (χ2n) is 6.39. The van der Waals surface area contributed by atoms with Crippen molar-refractivity contribution in [3.05, 3.63) is 82.5 Å². The summed E-state index contributed by atoms with van der Waals surface area (Å²) in [4.78, 5) is 18.0. The van der Waals surface area contributed by atoms with Gasteiger partial charge in [0.15, 0.2) is 4.96 Å². The molecule has 0 saturated carbocycles. The molecule has 2 aromatic carbocycles. The normalized spacial score (nSPS) is 12.2. The molecule has 0 aliphatic rings. The van der Waals surface area contributed by atoms with Crippen molar-refractivity contribution in [1.82, 2.24) is 14.7 Å². The predicted octanol–water partition coefficient (Wildman–Crippen LogP) is 5.14. The van der Waals surface area contributed by atoms with Crippen molar-refractivity contribution < 1.29 is 4.79 Å². The fourth-order valence-corrected chi connectivity index (χ4v) is 4.00. The van der Waals surface area contributed by atoms with Crippen LogP contribution in [0.3, 0.4) is 0 Å². The number of aromatic nitrogens is 2. The quantitative estimate of drug-likeness (QED) is 0.508. The minimum Gasteiger partial charge on any atom is -0.349 e. The van der Waals surface area contributed by atoms with E-state index in [1.54, 1.807) is 0 Å². The van der Waals surface area contributed by atoms with Crippen molar-refractivity contribution in [2.24, 2.45) is 0 Å². The average molecular weight is 396 g/mol. The summed E-state index contributed by atoms with van der Waals surface area (Å²) in [5, 5.41) is 5.75. The molecule has 1 amide bonds. The van der Waals surface area contributed by atoms with E-state index in [1.807, 2.05) is 77.5 Å². The summed E-state index contributed by atoms with van der Waals surface area (Å²) in [6.07, 6.45) is 2.28. The van der Waals surface area contributed by atoms with Crippen LogP contribution in [-0.2, 0) is 11.2 Å². The van der Waals surface area contributed by atoms with Gasteiger partial charge in [0.25, 0.3) is 0 Å². The molecule has 0 fully saturated rings. The first-order valence-electron chi connectivity index (χ1n) is 8.66. The van der Waals surface area contributed by atoms with Gasteiger partial charge in [-0.05, 0) is 24.6 Å². The summed E-state index contributed by atoms with van der Waals surface area (Å²) >= 11 is 7.49. The lowest BCUT2D eigenvalue weighted by atomic mass is 10.1. The Morgan fingerprint density at radius 2 is 1.93 bits per heavy atom. The minimum absolute atomic E-state index is 0.00667. The lowest BCUT2D eigenvalue weighted by molar-refractivity contribution is -0.121. The summed E-state index contributed by atoms with van der Waals surface area (Å²) in [7, 11) is 0. The molecule has 27 heavy (non-hydrogen) atoms. The van der Waals surface area contributed by atoms with E-state index in [9.17, 15) is 4.79 Å². The number of hydrogen-bond acceptors (Lipinski definition) is 3. The zero-order valence-electron chi connectivity index (χ0n) is 14.7. The highest BCUT2D eigenvalue weighted by Crippen LogP contribution is 2.25. The Bertz CT molecular complexity index is 1070. The maximum atomic E-state index is 12.5. The van der Waals surface area contributed by atoms with Crippen LogP contribution in [0.2, 0.25) is 5.02 Å². The fraction of sp³-hybridized carbons (Fsp3) is 0.143. The first-order chi connectivity index (χ1) is 13.1. The molecule has 6 heteroatoms. The van der Waals surface area contributed by atoms with E-state index in [1.165, 1.54) is 11.3 Å². The third kappa shape index (κ3) is 3.89. The summed E-state index contributed by atoms with van der Waals surface area (Å²) in [6.45, 7) is 1.99. The molecule has 2 heterocycles. The first kappa shape index (κ1) is 17.8. The Morgan fingerprint density at radius 1 is 1.19 bits per heavy atom. The van der Waals surface area contributed by atoms with Gasteiger partial charge in [0, 0.05) is 27.9 Å². The SMILES string of the molecule is CC(NC(=O)Cc1csc2nc(-c3ccc(Cl)cc3)cn12)c1ccccc1. The van der Waals surface area contributed by atoms with Crippen molar-refractivity contribution >= 4 is 33.8 Å². The number of fused-ring (bicyclic) bond motifs is 1. The highest BCUT2D eigenvalue weighted by molar-refractivity contribution is 7.15. The zero-order valence-corrected chi connectivity index (χ0v) is 16.3. The monoisotopic (exact) mass is 395 g/mol. The molecule has 1 unspecified atom stereocenters. The van der Waals surface area contributed by atoms with E-state index < -0.39 is 0 Å². The largest absolute Gasteiger partial charge is 0.349 e. The minimum atomic E-state index is -0.0276. The number of benzene rings is 2. The van der Waals surface area contributed by atoms with Gasteiger partial charge in [0.05, 0.1) is 18.2 Å². The maximum absolute atomic E-state index is 12.5. The van der Waals surface area contributed by atoms with Gasteiger partial charge in [0.1, 0.15) is 0 Å². The van der Waals surface area contributed by atoms with Crippen molar-refractivity contribution in [3.63, 3.8) is 0 Å². The number of imidazole rings is 1. The number of nitrogens with one attached hydrogen (secondary N) is 1. The molecule has 0 aliphatic heterocycles. The Labute approximate surface area is 166 Å². The van der Waals surface area contributed by atoms with Gasteiger partial charge in [-0.1, -0.05) is 54.1 Å². The van der Waals surface area contributed by atoms with Crippen molar-refractivity contribution in [2.45, 2.75) is 19.4 Å². The molecule has 4 aromatic rings. The third-order valence-electron chi connectivity index (χ3n) is 4.44. The molecule has 4 rings (SSSR count). The third-order valence-corrected chi connectivity index (χ3v) is 5.58. The number of nitrogens with zero attached hydrogens (tertiary/aromatic N) is 2. The zero-order chi connectivity index (χ0) is 18.8. The van der Waals surface area contributed by atoms with Crippen LogP contribution in [0.1, 0.15) is 24.2 Å². The van der Waals surface area contributed by atoms with E-state index >= 15 is 0 Å². The van der Waals surface area contributed by atoms with E-state index in [2.05, 4.69) is 10.3 Å². The molecule has 0 radical (unpaired) electrons. The van der Waals surface area contributed by atoms with Crippen LogP contribution in [-0.4, -0.2) is 15.3 Å². The van der Waals surface area contributed by atoms with Crippen LogP contribution in [0.25, 0.3) is 16.2 Å². The van der Waals surface area contributed by atoms with Crippen LogP contribution >= 0.6 is 22.9 Å². The number of carbonyl (C=O) groups excluding carboxylic acids is 1. The van der Waals surface area contributed by atoms with Gasteiger partial charge in [-0.15, -0.1) is 11.3 Å². The maximum Gasteiger partial charge on any atom is 0.226 e. The molecule has 0 bridgehead atoms. The molecule has 1 N–H and O–H groups in total. The molecule has 136 valence electrons. The van der Waals surface area contributed by atoms with Crippen molar-refractivity contribution in [2.75, 3.05) is 0 Å². The Hall–Kier alpha value is -2.63. The molecular weight excluding hydrogens is 378 g/mol. The second kappa shape index (κ2) is 7.55. The topological polar surface area (TPSA) is 46.4 Å². The van der Waals surface area contributed by atoms with Crippen LogP contribution in [0, 0.1) is 0 Å². The van der Waals surface area contributed by atoms with E-state index in [0.29, 0.717) is 11.4 Å². The average Bonchev–Trinajstić information content (AvgIpc) is 3.25. The molecule has 0 spiro atoms. The lowest BCUT2D eigenvalue weighted by Gasteiger charge is -2.14. The number of halogens is 1.